The molecule has 1 aromatic heterocycles. The molecule has 0 spiro atoms. The Morgan fingerprint density at radius 1 is 1.50 bits per heavy atom. The fourth-order valence-corrected chi connectivity index (χ4v) is 1.59. The summed E-state index contributed by atoms with van der Waals surface area (Å²) < 4.78 is 47.5. The van der Waals surface area contributed by atoms with Gasteiger partial charge in [-0.25, -0.2) is 9.19 Å². The van der Waals surface area contributed by atoms with Crippen molar-refractivity contribution in [1.29, 1.82) is 0 Å². The van der Waals surface area contributed by atoms with Crippen molar-refractivity contribution in [3.05, 3.63) is 18.2 Å². The minimum atomic E-state index is -2.91. The van der Waals surface area contributed by atoms with Crippen molar-refractivity contribution in [2.45, 2.75) is 11.8 Å². The lowest BCUT2D eigenvalue weighted by atomic mass is 10.3. The Hall–Kier alpha value is -1.54. The molecule has 0 bridgehead atoms. The van der Waals surface area contributed by atoms with E-state index < -0.39 is 17.7 Å². The first-order valence-electron chi connectivity index (χ1n) is 4.11. The zero-order valence-electron chi connectivity index (χ0n) is 7.68. The highest BCUT2D eigenvalue weighted by atomic mass is 32.2. The number of nitrogens with one attached hydrogen (secondary N) is 1. The van der Waals surface area contributed by atoms with Crippen LogP contribution in [-0.4, -0.2) is 25.3 Å². The topological polar surface area (TPSA) is 75.2 Å². The third kappa shape index (κ3) is 2.17. The Bertz CT molecular complexity index is 543. The van der Waals surface area contributed by atoms with E-state index in [1.54, 1.807) is 0 Å². The minimum absolute atomic E-state index is 0.0516. The van der Waals surface area contributed by atoms with Crippen LogP contribution in [0, 0.1) is 0 Å². The summed E-state index contributed by atoms with van der Waals surface area (Å²) in [6.07, 6.45) is 0. The zero-order valence-corrected chi connectivity index (χ0v) is 8.50. The van der Waals surface area contributed by atoms with Crippen molar-refractivity contribution < 1.29 is 22.3 Å². The summed E-state index contributed by atoms with van der Waals surface area (Å²) in [4.78, 5) is 6.32. The van der Waals surface area contributed by atoms with Gasteiger partial charge < -0.3 is 9.72 Å². The molecule has 2 rings (SSSR count). The van der Waals surface area contributed by atoms with Crippen molar-refractivity contribution in [3.8, 4) is 5.75 Å². The second-order valence-electron chi connectivity index (χ2n) is 2.85. The number of benzene rings is 1. The molecule has 0 fully saturated rings. The van der Waals surface area contributed by atoms with Crippen LogP contribution in [0.1, 0.15) is 0 Å². The molecule has 1 atom stereocenters. The summed E-state index contributed by atoms with van der Waals surface area (Å²) in [7, 11) is 0. The van der Waals surface area contributed by atoms with Gasteiger partial charge in [0.05, 0.1) is 11.0 Å². The van der Waals surface area contributed by atoms with Gasteiger partial charge >= 0.3 is 6.61 Å². The van der Waals surface area contributed by atoms with Gasteiger partial charge in [-0.15, -0.1) is 0 Å². The Morgan fingerprint density at radius 2 is 2.25 bits per heavy atom. The highest BCUT2D eigenvalue weighted by molar-refractivity contribution is 7.79. The largest absolute Gasteiger partial charge is 0.435 e. The van der Waals surface area contributed by atoms with Gasteiger partial charge in [-0.1, -0.05) is 0 Å². The van der Waals surface area contributed by atoms with E-state index in [0.29, 0.717) is 5.52 Å². The first-order chi connectivity index (χ1) is 7.56. The molecule has 0 aliphatic heterocycles. The highest BCUT2D eigenvalue weighted by Crippen LogP contribution is 2.21. The molecular weight excluding hydrogens is 242 g/mol. The van der Waals surface area contributed by atoms with Crippen LogP contribution < -0.4 is 4.74 Å². The molecule has 0 amide bonds. The lowest BCUT2D eigenvalue weighted by molar-refractivity contribution is -0.0497. The maximum atomic E-state index is 11.9. The normalized spacial score (nSPS) is 13.2. The Balaban J connectivity index is 2.41. The smallest absolute Gasteiger partial charge is 0.387 e. The highest BCUT2D eigenvalue weighted by Gasteiger charge is 2.10. The molecular formula is C8H6F2N2O3S. The van der Waals surface area contributed by atoms with E-state index >= 15 is 0 Å². The molecule has 0 radical (unpaired) electrons. The van der Waals surface area contributed by atoms with Crippen LogP contribution >= 0.6 is 0 Å². The van der Waals surface area contributed by atoms with Crippen LogP contribution in [0.2, 0.25) is 0 Å². The number of aromatic amines is 1. The number of aromatic nitrogens is 2. The molecule has 16 heavy (non-hydrogen) atoms. The quantitative estimate of drug-likeness (QED) is 0.811. The number of halogens is 2. The number of H-pyrrole nitrogens is 1. The summed E-state index contributed by atoms with van der Waals surface area (Å²) in [5.41, 5.74) is 0.759. The molecule has 1 heterocycles. The number of hydrogen-bond donors (Lipinski definition) is 2. The van der Waals surface area contributed by atoms with Crippen LogP contribution in [0.3, 0.4) is 0 Å². The van der Waals surface area contributed by atoms with Gasteiger partial charge in [0.15, 0.2) is 0 Å². The third-order valence-electron chi connectivity index (χ3n) is 1.82. The van der Waals surface area contributed by atoms with Crippen molar-refractivity contribution in [3.63, 3.8) is 0 Å². The zero-order chi connectivity index (χ0) is 11.7. The molecule has 0 aliphatic carbocycles. The number of rotatable bonds is 3. The summed E-state index contributed by atoms with van der Waals surface area (Å²) in [6.45, 7) is -2.91. The van der Waals surface area contributed by atoms with Gasteiger partial charge in [-0.05, 0) is 12.1 Å². The minimum Gasteiger partial charge on any atom is -0.435 e. The molecule has 86 valence electrons. The fraction of sp³-hybridized carbons (Fsp3) is 0.125. The molecule has 1 unspecified atom stereocenters. The number of nitrogens with zero attached hydrogens (tertiary/aromatic N) is 1. The van der Waals surface area contributed by atoms with E-state index in [2.05, 4.69) is 14.7 Å². The predicted octanol–water partition coefficient (Wildman–Crippen LogP) is 1.74. The Morgan fingerprint density at radius 3 is 2.88 bits per heavy atom. The van der Waals surface area contributed by atoms with Gasteiger partial charge in [0.1, 0.15) is 5.75 Å². The van der Waals surface area contributed by atoms with Gasteiger partial charge in [-0.3, -0.25) is 4.55 Å². The van der Waals surface area contributed by atoms with Crippen LogP contribution in [0.5, 0.6) is 5.75 Å². The maximum absolute atomic E-state index is 11.9. The van der Waals surface area contributed by atoms with E-state index in [9.17, 15) is 13.0 Å². The van der Waals surface area contributed by atoms with Crippen molar-refractivity contribution in [2.24, 2.45) is 0 Å². The molecule has 0 saturated heterocycles. The summed E-state index contributed by atoms with van der Waals surface area (Å²) >= 11 is -2.23. The predicted molar refractivity (Wildman–Crippen MR) is 51.8 cm³/mol. The average molecular weight is 248 g/mol. The third-order valence-corrected chi connectivity index (χ3v) is 2.35. The van der Waals surface area contributed by atoms with Gasteiger partial charge in [-0.2, -0.15) is 8.78 Å². The standard InChI is InChI=1S/C8H6F2N2O3S/c9-7(10)15-4-1-2-5-6(3-4)12-8(11-5)16(13)14/h1-3,7H,(H,11,12)(H,13,14). The average Bonchev–Trinajstić information content (AvgIpc) is 2.59. The number of imidazole rings is 1. The maximum Gasteiger partial charge on any atom is 0.387 e. The molecule has 5 nitrogen and oxygen atoms in total. The van der Waals surface area contributed by atoms with E-state index in [-0.39, 0.29) is 16.4 Å². The second-order valence-corrected chi connectivity index (χ2v) is 3.73. The first-order valence-corrected chi connectivity index (χ1v) is 5.22. The van der Waals surface area contributed by atoms with Gasteiger partial charge in [0.2, 0.25) is 16.2 Å². The fourth-order valence-electron chi connectivity index (χ4n) is 1.22. The van der Waals surface area contributed by atoms with Crippen molar-refractivity contribution in [2.75, 3.05) is 0 Å². The summed E-state index contributed by atoms with van der Waals surface area (Å²) in [5.74, 6) is -0.0516. The molecule has 2 aromatic rings. The van der Waals surface area contributed by atoms with Crippen LogP contribution in [0.25, 0.3) is 11.0 Å². The van der Waals surface area contributed by atoms with Gasteiger partial charge in [0.25, 0.3) is 0 Å². The second kappa shape index (κ2) is 4.14. The molecule has 0 saturated carbocycles. The number of hydrogen-bond acceptors (Lipinski definition) is 3. The molecule has 8 heteroatoms. The summed E-state index contributed by atoms with van der Waals surface area (Å²) in [6, 6.07) is 4.02. The Kier molecular flexibility index (Phi) is 2.84. The van der Waals surface area contributed by atoms with Crippen LogP contribution in [0.15, 0.2) is 23.4 Å². The van der Waals surface area contributed by atoms with E-state index in [0.717, 1.165) is 0 Å². The van der Waals surface area contributed by atoms with Crippen LogP contribution in [0.4, 0.5) is 8.78 Å². The van der Waals surface area contributed by atoms with Crippen molar-refractivity contribution >= 4 is 22.1 Å². The molecule has 2 N–H and O–H groups in total. The Labute approximate surface area is 90.7 Å². The van der Waals surface area contributed by atoms with Crippen LogP contribution in [-0.2, 0) is 11.1 Å². The van der Waals surface area contributed by atoms with E-state index in [4.69, 9.17) is 4.55 Å². The number of fused-ring (bicyclic) bond motifs is 1. The van der Waals surface area contributed by atoms with E-state index in [1.165, 1.54) is 18.2 Å². The van der Waals surface area contributed by atoms with Crippen molar-refractivity contribution in [1.82, 2.24) is 9.97 Å². The lowest BCUT2D eigenvalue weighted by Crippen LogP contribution is -2.01. The summed E-state index contributed by atoms with van der Waals surface area (Å²) in [5, 5.41) is -0.135. The number of ether oxygens (including phenoxy) is 1. The monoisotopic (exact) mass is 248 g/mol. The van der Waals surface area contributed by atoms with Gasteiger partial charge in [0, 0.05) is 6.07 Å². The molecule has 1 aromatic carbocycles. The SMILES string of the molecule is O=S(O)c1nc2cc(OC(F)F)ccc2[nH]1. The number of alkyl halides is 2. The first kappa shape index (κ1) is 11.0. The van der Waals surface area contributed by atoms with E-state index in [1.807, 2.05) is 0 Å². The molecule has 0 aliphatic rings. The lowest BCUT2D eigenvalue weighted by Gasteiger charge is -2.02.